The van der Waals surface area contributed by atoms with Crippen LogP contribution in [0, 0.1) is 19.7 Å². The number of hydrogen-bond donors (Lipinski definition) is 1. The summed E-state index contributed by atoms with van der Waals surface area (Å²) >= 11 is 0. The Labute approximate surface area is 138 Å². The first-order valence-electron chi connectivity index (χ1n) is 7.96. The predicted octanol–water partition coefficient (Wildman–Crippen LogP) is 2.10. The fraction of sp³-hybridized carbons (Fsp3) is 0.353. The van der Waals surface area contributed by atoms with E-state index in [-0.39, 0.29) is 18.1 Å². The summed E-state index contributed by atoms with van der Waals surface area (Å²) in [6.07, 6.45) is 0.252. The Morgan fingerprint density at radius 2 is 2.17 bits per heavy atom. The molecule has 3 aromatic rings. The zero-order valence-electron chi connectivity index (χ0n) is 13.6. The van der Waals surface area contributed by atoms with Gasteiger partial charge in [-0.3, -0.25) is 4.79 Å². The SMILES string of the molecule is Cc1nc2n(n1)CCN(C(=O)Cc1c(C)[nH]c3ccc(F)cc13)C2. The number of carbonyl (C=O) groups is 1. The van der Waals surface area contributed by atoms with Gasteiger partial charge >= 0.3 is 0 Å². The zero-order valence-corrected chi connectivity index (χ0v) is 13.6. The number of rotatable bonds is 2. The molecule has 6 nitrogen and oxygen atoms in total. The lowest BCUT2D eigenvalue weighted by Crippen LogP contribution is -2.39. The van der Waals surface area contributed by atoms with E-state index < -0.39 is 0 Å². The van der Waals surface area contributed by atoms with Crippen molar-refractivity contribution in [1.82, 2.24) is 24.6 Å². The first-order valence-corrected chi connectivity index (χ1v) is 7.96. The maximum absolute atomic E-state index is 13.6. The van der Waals surface area contributed by atoms with E-state index in [0.717, 1.165) is 33.8 Å². The van der Waals surface area contributed by atoms with E-state index in [1.165, 1.54) is 12.1 Å². The van der Waals surface area contributed by atoms with Gasteiger partial charge in [0, 0.05) is 23.1 Å². The molecular formula is C17H18FN5O. The van der Waals surface area contributed by atoms with Crippen molar-refractivity contribution >= 4 is 16.8 Å². The Morgan fingerprint density at radius 1 is 1.33 bits per heavy atom. The van der Waals surface area contributed by atoms with Crippen LogP contribution in [0.5, 0.6) is 0 Å². The normalized spacial score (nSPS) is 14.2. The average molecular weight is 327 g/mol. The van der Waals surface area contributed by atoms with Gasteiger partial charge in [0.2, 0.25) is 5.91 Å². The van der Waals surface area contributed by atoms with Crippen LogP contribution in [-0.2, 0) is 24.3 Å². The monoisotopic (exact) mass is 327 g/mol. The van der Waals surface area contributed by atoms with Crippen LogP contribution in [0.4, 0.5) is 4.39 Å². The summed E-state index contributed by atoms with van der Waals surface area (Å²) in [5.41, 5.74) is 2.61. The maximum Gasteiger partial charge on any atom is 0.227 e. The van der Waals surface area contributed by atoms with Gasteiger partial charge in [-0.2, -0.15) is 5.10 Å². The number of aromatic amines is 1. The molecule has 3 heterocycles. The molecule has 0 unspecified atom stereocenters. The van der Waals surface area contributed by atoms with Crippen molar-refractivity contribution in [3.05, 3.63) is 46.9 Å². The van der Waals surface area contributed by atoms with Crippen molar-refractivity contribution in [3.63, 3.8) is 0 Å². The largest absolute Gasteiger partial charge is 0.358 e. The van der Waals surface area contributed by atoms with Crippen LogP contribution in [0.15, 0.2) is 18.2 Å². The van der Waals surface area contributed by atoms with E-state index >= 15 is 0 Å². The van der Waals surface area contributed by atoms with Gasteiger partial charge in [0.25, 0.3) is 0 Å². The molecule has 2 aromatic heterocycles. The Morgan fingerprint density at radius 3 is 3.00 bits per heavy atom. The fourth-order valence-electron chi connectivity index (χ4n) is 3.32. The van der Waals surface area contributed by atoms with E-state index in [1.54, 1.807) is 11.0 Å². The summed E-state index contributed by atoms with van der Waals surface area (Å²) in [7, 11) is 0. The number of aryl methyl sites for hydroxylation is 2. The predicted molar refractivity (Wildman–Crippen MR) is 86.9 cm³/mol. The number of H-pyrrole nitrogens is 1. The second kappa shape index (κ2) is 5.43. The molecule has 1 amide bonds. The molecule has 0 bridgehead atoms. The van der Waals surface area contributed by atoms with Crippen molar-refractivity contribution in [2.75, 3.05) is 6.54 Å². The standard InChI is InChI=1S/C17H18FN5O/c1-10-13(14-7-12(18)3-4-15(14)19-10)8-17(24)22-5-6-23-16(9-22)20-11(2)21-23/h3-4,7,19H,5-6,8-9H2,1-2H3. The van der Waals surface area contributed by atoms with Crippen molar-refractivity contribution in [3.8, 4) is 0 Å². The molecule has 0 aliphatic carbocycles. The highest BCUT2D eigenvalue weighted by molar-refractivity contribution is 5.90. The molecule has 1 aromatic carbocycles. The topological polar surface area (TPSA) is 66.8 Å². The van der Waals surface area contributed by atoms with Gasteiger partial charge in [0.15, 0.2) is 0 Å². The lowest BCUT2D eigenvalue weighted by molar-refractivity contribution is -0.132. The maximum atomic E-state index is 13.6. The van der Waals surface area contributed by atoms with E-state index in [4.69, 9.17) is 0 Å². The van der Waals surface area contributed by atoms with Crippen LogP contribution in [0.2, 0.25) is 0 Å². The molecule has 0 radical (unpaired) electrons. The van der Waals surface area contributed by atoms with Crippen LogP contribution in [0.3, 0.4) is 0 Å². The molecule has 24 heavy (non-hydrogen) atoms. The molecular weight excluding hydrogens is 309 g/mol. The van der Waals surface area contributed by atoms with Crippen LogP contribution in [-0.4, -0.2) is 37.1 Å². The summed E-state index contributed by atoms with van der Waals surface area (Å²) in [4.78, 5) is 22.1. The Kier molecular flexibility index (Phi) is 3.37. The molecule has 0 spiro atoms. The van der Waals surface area contributed by atoms with Crippen LogP contribution in [0.1, 0.15) is 22.9 Å². The smallest absolute Gasteiger partial charge is 0.227 e. The van der Waals surface area contributed by atoms with Gasteiger partial charge in [-0.1, -0.05) is 0 Å². The number of nitrogens with one attached hydrogen (secondary N) is 1. The molecule has 1 aliphatic rings. The number of nitrogens with zero attached hydrogens (tertiary/aromatic N) is 4. The third kappa shape index (κ3) is 2.46. The van der Waals surface area contributed by atoms with Gasteiger partial charge in [-0.15, -0.1) is 0 Å². The highest BCUT2D eigenvalue weighted by Gasteiger charge is 2.24. The first kappa shape index (κ1) is 14.9. The van der Waals surface area contributed by atoms with Crippen LogP contribution >= 0.6 is 0 Å². The minimum absolute atomic E-state index is 0.0233. The van der Waals surface area contributed by atoms with Gasteiger partial charge in [-0.25, -0.2) is 14.1 Å². The summed E-state index contributed by atoms with van der Waals surface area (Å²) in [6, 6.07) is 4.61. The van der Waals surface area contributed by atoms with Crippen molar-refractivity contribution < 1.29 is 9.18 Å². The number of fused-ring (bicyclic) bond motifs is 2. The second-order valence-electron chi connectivity index (χ2n) is 6.21. The molecule has 0 saturated heterocycles. The van der Waals surface area contributed by atoms with E-state index in [2.05, 4.69) is 15.1 Å². The molecule has 0 fully saturated rings. The molecule has 7 heteroatoms. The van der Waals surface area contributed by atoms with Gasteiger partial charge in [0.05, 0.1) is 19.5 Å². The second-order valence-corrected chi connectivity index (χ2v) is 6.21. The Hall–Kier alpha value is -2.70. The van der Waals surface area contributed by atoms with E-state index in [9.17, 15) is 9.18 Å². The third-order valence-corrected chi connectivity index (χ3v) is 4.53. The number of halogens is 1. The Bertz CT molecular complexity index is 942. The number of amides is 1. The number of benzene rings is 1. The van der Waals surface area contributed by atoms with Gasteiger partial charge in [-0.05, 0) is 37.6 Å². The summed E-state index contributed by atoms with van der Waals surface area (Å²) in [5.74, 6) is 1.27. The number of carbonyl (C=O) groups excluding carboxylic acids is 1. The Balaban J connectivity index is 1.59. The molecule has 124 valence electrons. The first-order chi connectivity index (χ1) is 11.5. The van der Waals surface area contributed by atoms with Crippen molar-refractivity contribution in [1.29, 1.82) is 0 Å². The van der Waals surface area contributed by atoms with E-state index in [1.807, 2.05) is 18.5 Å². The minimum atomic E-state index is -0.295. The van der Waals surface area contributed by atoms with E-state index in [0.29, 0.717) is 19.6 Å². The summed E-state index contributed by atoms with van der Waals surface area (Å²) < 4.78 is 15.4. The van der Waals surface area contributed by atoms with Crippen LogP contribution < -0.4 is 0 Å². The quantitative estimate of drug-likeness (QED) is 0.784. The van der Waals surface area contributed by atoms with Gasteiger partial charge < -0.3 is 9.88 Å². The molecule has 0 atom stereocenters. The highest BCUT2D eigenvalue weighted by Crippen LogP contribution is 2.24. The molecule has 4 rings (SSSR count). The lowest BCUT2D eigenvalue weighted by Gasteiger charge is -2.26. The molecule has 1 aliphatic heterocycles. The average Bonchev–Trinajstić information content (AvgIpc) is 3.06. The third-order valence-electron chi connectivity index (χ3n) is 4.53. The molecule has 1 N–H and O–H groups in total. The lowest BCUT2D eigenvalue weighted by atomic mass is 10.1. The van der Waals surface area contributed by atoms with Gasteiger partial charge in [0.1, 0.15) is 17.5 Å². The summed E-state index contributed by atoms with van der Waals surface area (Å²) in [6.45, 7) is 5.50. The number of hydrogen-bond acceptors (Lipinski definition) is 3. The minimum Gasteiger partial charge on any atom is -0.358 e. The van der Waals surface area contributed by atoms with Crippen LogP contribution in [0.25, 0.3) is 10.9 Å². The molecule has 0 saturated carbocycles. The summed E-state index contributed by atoms with van der Waals surface area (Å²) in [5, 5.41) is 5.08. The van der Waals surface area contributed by atoms with Crippen molar-refractivity contribution in [2.24, 2.45) is 0 Å². The highest BCUT2D eigenvalue weighted by atomic mass is 19.1. The zero-order chi connectivity index (χ0) is 16.8. The van der Waals surface area contributed by atoms with Crippen molar-refractivity contribution in [2.45, 2.75) is 33.4 Å². The fourth-order valence-corrected chi connectivity index (χ4v) is 3.32. The number of aromatic nitrogens is 4.